The standard InChI is InChI=1S/C20H44NO4/c1-5-6-7-8-9-10-11-12-13-14-15-25-17-20(24)16-21(4,18(2)22)19(3)23/h18-20,22-24H,5-17H2,1-4H3/q+1. The fraction of sp³-hybridized carbons (Fsp3) is 1.00. The maximum Gasteiger partial charge on any atom is 0.189 e. The first-order chi connectivity index (χ1) is 11.8. The number of hydrogen-bond acceptors (Lipinski definition) is 4. The van der Waals surface area contributed by atoms with Crippen molar-refractivity contribution in [2.24, 2.45) is 0 Å². The lowest BCUT2D eigenvalue weighted by Gasteiger charge is -2.40. The van der Waals surface area contributed by atoms with E-state index in [1.807, 2.05) is 0 Å². The van der Waals surface area contributed by atoms with Gasteiger partial charge in [-0.25, -0.2) is 0 Å². The highest BCUT2D eigenvalue weighted by Gasteiger charge is 2.35. The van der Waals surface area contributed by atoms with Crippen LogP contribution < -0.4 is 0 Å². The van der Waals surface area contributed by atoms with Gasteiger partial charge in [0.1, 0.15) is 12.6 Å². The molecule has 0 aliphatic carbocycles. The molecular weight excluding hydrogens is 318 g/mol. The van der Waals surface area contributed by atoms with Crippen molar-refractivity contribution in [2.45, 2.75) is 104 Å². The highest BCUT2D eigenvalue weighted by Crippen LogP contribution is 2.14. The van der Waals surface area contributed by atoms with Crippen LogP contribution in [-0.2, 0) is 4.74 Å². The predicted octanol–water partition coefficient (Wildman–Crippen LogP) is 3.41. The van der Waals surface area contributed by atoms with Gasteiger partial charge in [0.15, 0.2) is 12.5 Å². The van der Waals surface area contributed by atoms with Gasteiger partial charge in [0.2, 0.25) is 0 Å². The summed E-state index contributed by atoms with van der Waals surface area (Å²) in [5, 5.41) is 29.7. The third kappa shape index (κ3) is 11.9. The molecule has 3 atom stereocenters. The van der Waals surface area contributed by atoms with Gasteiger partial charge in [-0.1, -0.05) is 64.7 Å². The molecule has 0 aromatic carbocycles. The molecule has 0 aromatic rings. The summed E-state index contributed by atoms with van der Waals surface area (Å²) in [6, 6.07) is 0. The van der Waals surface area contributed by atoms with Gasteiger partial charge in [-0.2, -0.15) is 0 Å². The van der Waals surface area contributed by atoms with Crippen LogP contribution in [-0.4, -0.2) is 65.2 Å². The van der Waals surface area contributed by atoms with E-state index in [2.05, 4.69) is 6.92 Å². The van der Waals surface area contributed by atoms with Crippen LogP contribution in [0.4, 0.5) is 0 Å². The second-order valence-electron chi connectivity index (χ2n) is 7.70. The van der Waals surface area contributed by atoms with Crippen molar-refractivity contribution in [3.8, 4) is 0 Å². The Morgan fingerprint density at radius 1 is 0.760 bits per heavy atom. The molecule has 3 unspecified atom stereocenters. The average molecular weight is 363 g/mol. The quantitative estimate of drug-likeness (QED) is 0.211. The van der Waals surface area contributed by atoms with Crippen LogP contribution in [0, 0.1) is 0 Å². The number of quaternary nitrogens is 1. The molecule has 0 aliphatic rings. The van der Waals surface area contributed by atoms with Crippen LogP contribution >= 0.6 is 0 Å². The van der Waals surface area contributed by atoms with Gasteiger partial charge < -0.3 is 20.1 Å². The Bertz CT molecular complexity index is 289. The largest absolute Gasteiger partial charge is 0.385 e. The predicted molar refractivity (Wildman–Crippen MR) is 103 cm³/mol. The number of aliphatic hydroxyl groups is 3. The third-order valence-electron chi connectivity index (χ3n) is 5.26. The van der Waals surface area contributed by atoms with E-state index in [4.69, 9.17) is 4.74 Å². The van der Waals surface area contributed by atoms with Crippen molar-refractivity contribution in [3.63, 3.8) is 0 Å². The van der Waals surface area contributed by atoms with Gasteiger partial charge in [-0.05, 0) is 6.42 Å². The normalized spacial score (nSPS) is 17.9. The summed E-state index contributed by atoms with van der Waals surface area (Å²) in [6.45, 7) is 6.70. The molecule has 0 saturated heterocycles. The number of unbranched alkanes of at least 4 members (excludes halogenated alkanes) is 9. The van der Waals surface area contributed by atoms with E-state index in [0.29, 0.717) is 6.61 Å². The average Bonchev–Trinajstić information content (AvgIpc) is 2.55. The maximum absolute atomic E-state index is 10.1. The number of nitrogens with zero attached hydrogens (tertiary/aromatic N) is 1. The minimum atomic E-state index is -0.739. The van der Waals surface area contributed by atoms with E-state index in [9.17, 15) is 15.3 Å². The number of aliphatic hydroxyl groups excluding tert-OH is 3. The first-order valence-electron chi connectivity index (χ1n) is 10.3. The third-order valence-corrected chi connectivity index (χ3v) is 5.26. The van der Waals surface area contributed by atoms with Crippen molar-refractivity contribution in [1.82, 2.24) is 0 Å². The summed E-state index contributed by atoms with van der Waals surface area (Å²) in [4.78, 5) is 0. The van der Waals surface area contributed by atoms with Crippen LogP contribution in [0.2, 0.25) is 0 Å². The van der Waals surface area contributed by atoms with Gasteiger partial charge in [0.25, 0.3) is 0 Å². The van der Waals surface area contributed by atoms with E-state index < -0.39 is 18.6 Å². The zero-order valence-electron chi connectivity index (χ0n) is 17.1. The Kier molecular flexibility index (Phi) is 14.8. The monoisotopic (exact) mass is 362 g/mol. The molecule has 0 spiro atoms. The van der Waals surface area contributed by atoms with Crippen molar-refractivity contribution >= 4 is 0 Å². The number of rotatable bonds is 17. The first-order valence-corrected chi connectivity index (χ1v) is 10.3. The van der Waals surface area contributed by atoms with Gasteiger partial charge in [0, 0.05) is 20.5 Å². The van der Waals surface area contributed by atoms with Crippen molar-refractivity contribution < 1.29 is 24.5 Å². The van der Waals surface area contributed by atoms with Crippen LogP contribution in [0.3, 0.4) is 0 Å². The van der Waals surface area contributed by atoms with E-state index >= 15 is 0 Å². The molecule has 0 amide bonds. The second-order valence-corrected chi connectivity index (χ2v) is 7.70. The Hall–Kier alpha value is -0.200. The molecule has 0 bridgehead atoms. The van der Waals surface area contributed by atoms with Gasteiger partial charge >= 0.3 is 0 Å². The molecule has 5 heteroatoms. The molecule has 0 heterocycles. The van der Waals surface area contributed by atoms with Crippen LogP contribution in [0.5, 0.6) is 0 Å². The summed E-state index contributed by atoms with van der Waals surface area (Å²) >= 11 is 0. The zero-order valence-corrected chi connectivity index (χ0v) is 17.1. The lowest BCUT2D eigenvalue weighted by atomic mass is 10.1. The number of hydrogen-bond donors (Lipinski definition) is 3. The van der Waals surface area contributed by atoms with E-state index in [1.54, 1.807) is 20.9 Å². The summed E-state index contributed by atoms with van der Waals surface area (Å²) in [5.41, 5.74) is 0. The van der Waals surface area contributed by atoms with E-state index in [-0.39, 0.29) is 17.6 Å². The number of ether oxygens (including phenoxy) is 1. The van der Waals surface area contributed by atoms with Crippen molar-refractivity contribution in [2.75, 3.05) is 26.8 Å². The van der Waals surface area contributed by atoms with Crippen LogP contribution in [0.25, 0.3) is 0 Å². The lowest BCUT2D eigenvalue weighted by molar-refractivity contribution is -0.992. The fourth-order valence-electron chi connectivity index (χ4n) is 3.04. The topological polar surface area (TPSA) is 69.9 Å². The molecule has 0 rings (SSSR count). The molecule has 0 aliphatic heterocycles. The second kappa shape index (κ2) is 14.9. The maximum atomic E-state index is 10.1. The van der Waals surface area contributed by atoms with Crippen molar-refractivity contribution in [3.05, 3.63) is 0 Å². The highest BCUT2D eigenvalue weighted by molar-refractivity contribution is 4.55. The van der Waals surface area contributed by atoms with Gasteiger partial charge in [-0.3, -0.25) is 4.48 Å². The molecule has 0 radical (unpaired) electrons. The molecule has 0 saturated carbocycles. The van der Waals surface area contributed by atoms with Gasteiger partial charge in [0.05, 0.1) is 13.7 Å². The Morgan fingerprint density at radius 2 is 1.20 bits per heavy atom. The number of likely N-dealkylation sites (N-methyl/N-ethyl adjacent to an activating group) is 1. The first kappa shape index (κ1) is 24.8. The smallest absolute Gasteiger partial charge is 0.189 e. The van der Waals surface area contributed by atoms with Crippen LogP contribution in [0.15, 0.2) is 0 Å². The molecule has 5 nitrogen and oxygen atoms in total. The highest BCUT2D eigenvalue weighted by atomic mass is 16.5. The van der Waals surface area contributed by atoms with Crippen molar-refractivity contribution in [1.29, 1.82) is 0 Å². The molecular formula is C20H44NO4+. The van der Waals surface area contributed by atoms with Crippen LogP contribution in [0.1, 0.15) is 85.0 Å². The Balaban J connectivity index is 3.56. The molecule has 152 valence electrons. The SMILES string of the molecule is CCCCCCCCCCCCOCC(O)C[N+](C)(C(C)O)C(C)O. The minimum Gasteiger partial charge on any atom is -0.385 e. The summed E-state index contributed by atoms with van der Waals surface area (Å²) < 4.78 is 5.55. The summed E-state index contributed by atoms with van der Waals surface area (Å²) in [5.74, 6) is 0. The van der Waals surface area contributed by atoms with E-state index in [0.717, 1.165) is 6.42 Å². The lowest BCUT2D eigenvalue weighted by Crippen LogP contribution is -2.60. The summed E-state index contributed by atoms with van der Waals surface area (Å²) in [6.07, 6.45) is 10.8. The Morgan fingerprint density at radius 3 is 1.64 bits per heavy atom. The molecule has 0 aromatic heterocycles. The van der Waals surface area contributed by atoms with Gasteiger partial charge in [-0.15, -0.1) is 0 Å². The molecule has 25 heavy (non-hydrogen) atoms. The summed E-state index contributed by atoms with van der Waals surface area (Å²) in [7, 11) is 1.74. The zero-order chi connectivity index (χ0) is 19.1. The minimum absolute atomic E-state index is 0.00276. The molecule has 0 fully saturated rings. The fourth-order valence-corrected chi connectivity index (χ4v) is 3.04. The molecule has 3 N–H and O–H groups in total. The Labute approximate surface area is 155 Å². The van der Waals surface area contributed by atoms with E-state index in [1.165, 1.54) is 57.8 Å².